The Kier molecular flexibility index (Phi) is 7.96. The topological polar surface area (TPSA) is 85.8 Å². The summed E-state index contributed by atoms with van der Waals surface area (Å²) >= 11 is 6.16. The van der Waals surface area contributed by atoms with Crippen molar-refractivity contribution in [2.75, 3.05) is 32.0 Å². The molecule has 0 bridgehead atoms. The number of carbonyl (C=O) groups excluding carboxylic acids is 2. The summed E-state index contributed by atoms with van der Waals surface area (Å²) in [6.45, 7) is 3.91. The van der Waals surface area contributed by atoms with Crippen LogP contribution >= 0.6 is 11.6 Å². The van der Waals surface area contributed by atoms with Gasteiger partial charge in [0.15, 0.2) is 5.96 Å². The SMILES string of the molecule is CN=C(NCCC(=O)Nc1ccc(C)cc1Cl)NC1CCN(C(=O)C2CCCC2)C1. The van der Waals surface area contributed by atoms with Crippen molar-refractivity contribution in [1.29, 1.82) is 0 Å². The van der Waals surface area contributed by atoms with Crippen LogP contribution in [0.5, 0.6) is 0 Å². The fourth-order valence-corrected chi connectivity index (χ4v) is 4.41. The first-order chi connectivity index (χ1) is 14.5. The van der Waals surface area contributed by atoms with Gasteiger partial charge in [-0.15, -0.1) is 0 Å². The van der Waals surface area contributed by atoms with Crippen LogP contribution in [0.4, 0.5) is 5.69 Å². The smallest absolute Gasteiger partial charge is 0.226 e. The second kappa shape index (κ2) is 10.7. The molecule has 1 saturated heterocycles. The van der Waals surface area contributed by atoms with E-state index < -0.39 is 0 Å². The van der Waals surface area contributed by atoms with E-state index in [1.165, 1.54) is 12.8 Å². The molecule has 1 aromatic carbocycles. The number of aliphatic imine (C=N–C) groups is 1. The van der Waals surface area contributed by atoms with Gasteiger partial charge in [0.05, 0.1) is 10.7 Å². The van der Waals surface area contributed by atoms with Crippen molar-refractivity contribution in [3.8, 4) is 0 Å². The third-order valence-corrected chi connectivity index (χ3v) is 6.12. The van der Waals surface area contributed by atoms with Gasteiger partial charge >= 0.3 is 0 Å². The molecule has 1 aliphatic heterocycles. The number of nitrogens with zero attached hydrogens (tertiary/aromatic N) is 2. The standard InChI is InChI=1S/C22H32ClN5O2/c1-15-7-8-19(18(23)13-15)27-20(29)9-11-25-22(24-2)26-17-10-12-28(14-17)21(30)16-5-3-4-6-16/h7-8,13,16-17H,3-6,9-12,14H2,1-2H3,(H,27,29)(H2,24,25,26). The second-order valence-corrected chi connectivity index (χ2v) is 8.58. The molecule has 0 aromatic heterocycles. The molecule has 8 heteroatoms. The average Bonchev–Trinajstić information content (AvgIpc) is 3.41. The second-order valence-electron chi connectivity index (χ2n) is 8.18. The number of carbonyl (C=O) groups is 2. The van der Waals surface area contributed by atoms with Gasteiger partial charge in [-0.05, 0) is 43.9 Å². The minimum absolute atomic E-state index is 0.113. The molecule has 1 heterocycles. The minimum Gasteiger partial charge on any atom is -0.356 e. The molecule has 3 rings (SSSR count). The first kappa shape index (κ1) is 22.4. The summed E-state index contributed by atoms with van der Waals surface area (Å²) in [5.41, 5.74) is 1.66. The van der Waals surface area contributed by atoms with Gasteiger partial charge < -0.3 is 20.9 Å². The first-order valence-corrected chi connectivity index (χ1v) is 11.2. The maximum Gasteiger partial charge on any atom is 0.226 e. The zero-order chi connectivity index (χ0) is 21.5. The number of anilines is 1. The summed E-state index contributed by atoms with van der Waals surface area (Å²) in [5.74, 6) is 1.07. The summed E-state index contributed by atoms with van der Waals surface area (Å²) < 4.78 is 0. The largest absolute Gasteiger partial charge is 0.356 e. The lowest BCUT2D eigenvalue weighted by atomic mass is 10.1. The van der Waals surface area contributed by atoms with Crippen molar-refractivity contribution in [2.45, 2.75) is 51.5 Å². The predicted octanol–water partition coefficient (Wildman–Crippen LogP) is 2.93. The van der Waals surface area contributed by atoms with Gasteiger partial charge in [0.2, 0.25) is 11.8 Å². The zero-order valence-electron chi connectivity index (χ0n) is 17.8. The highest BCUT2D eigenvalue weighted by atomic mass is 35.5. The van der Waals surface area contributed by atoms with Crippen LogP contribution in [-0.4, -0.2) is 55.4 Å². The van der Waals surface area contributed by atoms with Crippen LogP contribution in [0, 0.1) is 12.8 Å². The summed E-state index contributed by atoms with van der Waals surface area (Å²) in [6.07, 6.45) is 5.62. The van der Waals surface area contributed by atoms with Crippen LogP contribution < -0.4 is 16.0 Å². The molecular weight excluding hydrogens is 402 g/mol. The van der Waals surface area contributed by atoms with Crippen molar-refractivity contribution in [3.63, 3.8) is 0 Å². The Balaban J connectivity index is 1.38. The van der Waals surface area contributed by atoms with Crippen LogP contribution in [0.25, 0.3) is 0 Å². The Labute approximate surface area is 183 Å². The fourth-order valence-electron chi connectivity index (χ4n) is 4.13. The van der Waals surface area contributed by atoms with Crippen LogP contribution in [0.1, 0.15) is 44.1 Å². The van der Waals surface area contributed by atoms with Crippen molar-refractivity contribution in [3.05, 3.63) is 28.8 Å². The van der Waals surface area contributed by atoms with Crippen molar-refractivity contribution < 1.29 is 9.59 Å². The third-order valence-electron chi connectivity index (χ3n) is 5.81. The number of guanidine groups is 1. The quantitative estimate of drug-likeness (QED) is 0.475. The van der Waals surface area contributed by atoms with Gasteiger partial charge in [0.1, 0.15) is 0 Å². The zero-order valence-corrected chi connectivity index (χ0v) is 18.6. The van der Waals surface area contributed by atoms with E-state index in [1.807, 2.05) is 30.0 Å². The van der Waals surface area contributed by atoms with E-state index in [0.29, 0.717) is 42.1 Å². The molecule has 30 heavy (non-hydrogen) atoms. The van der Waals surface area contributed by atoms with E-state index in [4.69, 9.17) is 11.6 Å². The fraction of sp³-hybridized carbons (Fsp3) is 0.591. The number of amides is 2. The minimum atomic E-state index is -0.113. The molecule has 0 radical (unpaired) electrons. The summed E-state index contributed by atoms with van der Waals surface area (Å²) in [7, 11) is 1.71. The van der Waals surface area contributed by atoms with E-state index in [-0.39, 0.29) is 17.9 Å². The van der Waals surface area contributed by atoms with Gasteiger partial charge in [0, 0.05) is 45.1 Å². The van der Waals surface area contributed by atoms with Gasteiger partial charge in [0.25, 0.3) is 0 Å². The lowest BCUT2D eigenvalue weighted by Gasteiger charge is -2.21. The summed E-state index contributed by atoms with van der Waals surface area (Å²) in [4.78, 5) is 31.0. The Morgan fingerprint density at radius 2 is 2.00 bits per heavy atom. The van der Waals surface area contributed by atoms with Crippen LogP contribution in [0.2, 0.25) is 5.02 Å². The molecule has 7 nitrogen and oxygen atoms in total. The molecule has 1 aromatic rings. The number of benzene rings is 1. The van der Waals surface area contributed by atoms with Crippen molar-refractivity contribution in [1.82, 2.24) is 15.5 Å². The monoisotopic (exact) mass is 433 g/mol. The van der Waals surface area contributed by atoms with E-state index in [0.717, 1.165) is 31.4 Å². The Morgan fingerprint density at radius 3 is 2.70 bits per heavy atom. The third kappa shape index (κ3) is 6.11. The average molecular weight is 434 g/mol. The molecule has 2 fully saturated rings. The number of rotatable bonds is 6. The summed E-state index contributed by atoms with van der Waals surface area (Å²) in [5, 5.41) is 9.92. The highest BCUT2D eigenvalue weighted by Gasteiger charge is 2.32. The van der Waals surface area contributed by atoms with Crippen LogP contribution in [-0.2, 0) is 9.59 Å². The van der Waals surface area contributed by atoms with Gasteiger partial charge in [-0.2, -0.15) is 0 Å². The normalized spacial score (nSPS) is 19.8. The number of likely N-dealkylation sites (tertiary alicyclic amines) is 1. The Morgan fingerprint density at radius 1 is 1.23 bits per heavy atom. The lowest BCUT2D eigenvalue weighted by molar-refractivity contribution is -0.134. The van der Waals surface area contributed by atoms with Crippen molar-refractivity contribution >= 4 is 35.1 Å². The van der Waals surface area contributed by atoms with Crippen LogP contribution in [0.3, 0.4) is 0 Å². The number of nitrogens with one attached hydrogen (secondary N) is 3. The van der Waals surface area contributed by atoms with E-state index >= 15 is 0 Å². The predicted molar refractivity (Wildman–Crippen MR) is 121 cm³/mol. The Hall–Kier alpha value is -2.28. The van der Waals surface area contributed by atoms with E-state index in [9.17, 15) is 9.59 Å². The Bertz CT molecular complexity index is 792. The maximum absolute atomic E-state index is 12.6. The first-order valence-electron chi connectivity index (χ1n) is 10.8. The molecular formula is C22H32ClN5O2. The maximum atomic E-state index is 12.6. The molecule has 2 aliphatic rings. The van der Waals surface area contributed by atoms with Gasteiger partial charge in [-0.3, -0.25) is 14.6 Å². The molecule has 3 N–H and O–H groups in total. The lowest BCUT2D eigenvalue weighted by Crippen LogP contribution is -2.46. The highest BCUT2D eigenvalue weighted by molar-refractivity contribution is 6.33. The van der Waals surface area contributed by atoms with Gasteiger partial charge in [-0.1, -0.05) is 30.5 Å². The highest BCUT2D eigenvalue weighted by Crippen LogP contribution is 2.28. The molecule has 2 amide bonds. The van der Waals surface area contributed by atoms with Gasteiger partial charge in [-0.25, -0.2) is 0 Å². The number of halogens is 1. The number of hydrogen-bond acceptors (Lipinski definition) is 3. The molecule has 1 aliphatic carbocycles. The summed E-state index contributed by atoms with van der Waals surface area (Å²) in [6, 6.07) is 5.72. The molecule has 164 valence electrons. The molecule has 1 unspecified atom stereocenters. The number of hydrogen-bond donors (Lipinski definition) is 3. The van der Waals surface area contributed by atoms with Crippen LogP contribution in [0.15, 0.2) is 23.2 Å². The molecule has 0 spiro atoms. The van der Waals surface area contributed by atoms with E-state index in [2.05, 4.69) is 20.9 Å². The number of aryl methyl sites for hydroxylation is 1. The van der Waals surface area contributed by atoms with Crippen molar-refractivity contribution in [2.24, 2.45) is 10.9 Å². The molecule has 1 saturated carbocycles. The van der Waals surface area contributed by atoms with E-state index in [1.54, 1.807) is 7.05 Å². The molecule has 1 atom stereocenters.